The lowest BCUT2D eigenvalue weighted by atomic mass is 10.1. The molecule has 20 heavy (non-hydrogen) atoms. The molecule has 4 heteroatoms. The SMILES string of the molecule is Cc1ccc(C2=N/C(=C\c3ccc[nH]3)C(=O)O2)cc1C. The second-order valence-corrected chi connectivity index (χ2v) is 4.76. The topological polar surface area (TPSA) is 54.5 Å². The van der Waals surface area contributed by atoms with E-state index in [9.17, 15) is 4.79 Å². The number of hydrogen-bond donors (Lipinski definition) is 1. The first-order chi connectivity index (χ1) is 9.63. The van der Waals surface area contributed by atoms with Crippen molar-refractivity contribution >= 4 is 17.9 Å². The van der Waals surface area contributed by atoms with Gasteiger partial charge in [-0.2, -0.15) is 0 Å². The van der Waals surface area contributed by atoms with Crippen molar-refractivity contribution in [3.63, 3.8) is 0 Å². The molecule has 0 amide bonds. The molecule has 0 fully saturated rings. The molecule has 100 valence electrons. The maximum Gasteiger partial charge on any atom is 0.363 e. The highest BCUT2D eigenvalue weighted by Crippen LogP contribution is 2.20. The number of H-pyrrole nitrogens is 1. The molecule has 0 unspecified atom stereocenters. The first kappa shape index (κ1) is 12.4. The smallest absolute Gasteiger partial charge is 0.363 e. The first-order valence-electron chi connectivity index (χ1n) is 6.37. The normalized spacial score (nSPS) is 16.4. The van der Waals surface area contributed by atoms with Gasteiger partial charge in [-0.3, -0.25) is 0 Å². The van der Waals surface area contributed by atoms with E-state index in [0.29, 0.717) is 11.6 Å². The fraction of sp³-hybridized carbons (Fsp3) is 0.125. The number of carbonyl (C=O) groups is 1. The van der Waals surface area contributed by atoms with Crippen molar-refractivity contribution in [1.29, 1.82) is 0 Å². The van der Waals surface area contributed by atoms with Gasteiger partial charge in [0.2, 0.25) is 5.90 Å². The van der Waals surface area contributed by atoms with E-state index in [0.717, 1.165) is 16.8 Å². The first-order valence-corrected chi connectivity index (χ1v) is 6.37. The molecule has 0 radical (unpaired) electrons. The number of cyclic esters (lactones) is 1. The Bertz CT molecular complexity index is 725. The van der Waals surface area contributed by atoms with Gasteiger partial charge in [0.05, 0.1) is 0 Å². The molecule has 2 heterocycles. The van der Waals surface area contributed by atoms with Crippen molar-refractivity contribution in [1.82, 2.24) is 4.98 Å². The minimum absolute atomic E-state index is 0.306. The van der Waals surface area contributed by atoms with E-state index in [1.807, 2.05) is 44.2 Å². The number of nitrogens with one attached hydrogen (secondary N) is 1. The predicted octanol–water partition coefficient (Wildman–Crippen LogP) is 2.98. The number of aryl methyl sites for hydroxylation is 2. The summed E-state index contributed by atoms with van der Waals surface area (Å²) in [6.07, 6.45) is 3.47. The van der Waals surface area contributed by atoms with Crippen molar-refractivity contribution in [3.05, 3.63) is 64.6 Å². The molecule has 0 saturated heterocycles. The van der Waals surface area contributed by atoms with E-state index in [1.54, 1.807) is 12.3 Å². The van der Waals surface area contributed by atoms with Gasteiger partial charge in [0.15, 0.2) is 5.70 Å². The largest absolute Gasteiger partial charge is 0.402 e. The monoisotopic (exact) mass is 266 g/mol. The summed E-state index contributed by atoms with van der Waals surface area (Å²) in [5.41, 5.74) is 4.28. The number of benzene rings is 1. The highest BCUT2D eigenvalue weighted by molar-refractivity contribution is 6.12. The van der Waals surface area contributed by atoms with Gasteiger partial charge in [-0.15, -0.1) is 0 Å². The summed E-state index contributed by atoms with van der Waals surface area (Å²) in [5, 5.41) is 0. The van der Waals surface area contributed by atoms with Crippen LogP contribution in [0.3, 0.4) is 0 Å². The Kier molecular flexibility index (Phi) is 2.99. The van der Waals surface area contributed by atoms with Crippen LogP contribution in [0.15, 0.2) is 47.2 Å². The van der Waals surface area contributed by atoms with Crippen LogP contribution in [0.5, 0.6) is 0 Å². The van der Waals surface area contributed by atoms with E-state index < -0.39 is 5.97 Å². The van der Waals surface area contributed by atoms with Crippen LogP contribution in [-0.2, 0) is 9.53 Å². The number of aromatic amines is 1. The van der Waals surface area contributed by atoms with E-state index in [4.69, 9.17) is 4.74 Å². The average Bonchev–Trinajstić information content (AvgIpc) is 3.04. The van der Waals surface area contributed by atoms with Gasteiger partial charge in [0, 0.05) is 17.5 Å². The van der Waals surface area contributed by atoms with Crippen molar-refractivity contribution in [3.8, 4) is 0 Å². The summed E-state index contributed by atoms with van der Waals surface area (Å²) >= 11 is 0. The number of esters is 1. The Morgan fingerprint density at radius 1 is 1.20 bits per heavy atom. The van der Waals surface area contributed by atoms with Crippen molar-refractivity contribution in [2.75, 3.05) is 0 Å². The minimum atomic E-state index is -0.423. The molecule has 1 N–H and O–H groups in total. The number of aliphatic imine (C=N–C) groups is 1. The van der Waals surface area contributed by atoms with Gasteiger partial charge in [-0.05, 0) is 55.3 Å². The van der Waals surface area contributed by atoms with Crippen molar-refractivity contribution < 1.29 is 9.53 Å². The summed E-state index contributed by atoms with van der Waals surface area (Å²) in [7, 11) is 0. The summed E-state index contributed by atoms with van der Waals surface area (Å²) < 4.78 is 5.23. The summed E-state index contributed by atoms with van der Waals surface area (Å²) in [6.45, 7) is 4.06. The van der Waals surface area contributed by atoms with Gasteiger partial charge in [-0.1, -0.05) is 6.07 Å². The fourth-order valence-electron chi connectivity index (χ4n) is 1.99. The third-order valence-corrected chi connectivity index (χ3v) is 3.29. The molecule has 0 saturated carbocycles. The number of carbonyl (C=O) groups excluding carboxylic acids is 1. The average molecular weight is 266 g/mol. The van der Waals surface area contributed by atoms with Crippen LogP contribution in [0.25, 0.3) is 6.08 Å². The Morgan fingerprint density at radius 3 is 2.75 bits per heavy atom. The van der Waals surface area contributed by atoms with Gasteiger partial charge in [-0.25, -0.2) is 9.79 Å². The third kappa shape index (κ3) is 2.28. The molecule has 1 aromatic carbocycles. The molecular weight excluding hydrogens is 252 g/mol. The number of ether oxygens (including phenoxy) is 1. The minimum Gasteiger partial charge on any atom is -0.402 e. The standard InChI is InChI=1S/C16H14N2O2/c1-10-5-6-12(8-11(10)2)15-18-14(16(19)20-15)9-13-4-3-7-17-13/h3-9,17H,1-2H3/b14-9-. The summed E-state index contributed by atoms with van der Waals surface area (Å²) in [5.74, 6) is -0.0660. The molecule has 1 aliphatic heterocycles. The maximum absolute atomic E-state index is 11.8. The van der Waals surface area contributed by atoms with Gasteiger partial charge >= 0.3 is 5.97 Å². The number of nitrogens with zero attached hydrogens (tertiary/aromatic N) is 1. The van der Waals surface area contributed by atoms with Crippen LogP contribution < -0.4 is 0 Å². The third-order valence-electron chi connectivity index (χ3n) is 3.29. The molecule has 0 atom stereocenters. The zero-order valence-electron chi connectivity index (χ0n) is 11.3. The van der Waals surface area contributed by atoms with Gasteiger partial charge < -0.3 is 9.72 Å². The van der Waals surface area contributed by atoms with Crippen LogP contribution in [0.2, 0.25) is 0 Å². The van der Waals surface area contributed by atoms with Crippen LogP contribution in [0.4, 0.5) is 0 Å². The molecule has 2 aromatic rings. The van der Waals surface area contributed by atoms with Crippen molar-refractivity contribution in [2.24, 2.45) is 4.99 Å². The summed E-state index contributed by atoms with van der Waals surface area (Å²) in [4.78, 5) is 19.1. The number of rotatable bonds is 2. The zero-order chi connectivity index (χ0) is 14.1. The Labute approximate surface area is 116 Å². The van der Waals surface area contributed by atoms with Gasteiger partial charge in [0.25, 0.3) is 0 Å². The van der Waals surface area contributed by atoms with Crippen LogP contribution >= 0.6 is 0 Å². The second-order valence-electron chi connectivity index (χ2n) is 4.76. The number of hydrogen-bond acceptors (Lipinski definition) is 3. The predicted molar refractivity (Wildman–Crippen MR) is 77.3 cm³/mol. The molecule has 4 nitrogen and oxygen atoms in total. The lowest BCUT2D eigenvalue weighted by Gasteiger charge is -2.03. The quantitative estimate of drug-likeness (QED) is 0.671. The summed E-state index contributed by atoms with van der Waals surface area (Å²) in [6, 6.07) is 9.60. The molecule has 0 spiro atoms. The lowest BCUT2D eigenvalue weighted by Crippen LogP contribution is -2.05. The molecular formula is C16H14N2O2. The second kappa shape index (κ2) is 4.81. The molecule has 0 aliphatic carbocycles. The number of aromatic nitrogens is 1. The maximum atomic E-state index is 11.8. The molecule has 3 rings (SSSR count). The molecule has 1 aromatic heterocycles. The molecule has 1 aliphatic rings. The Hall–Kier alpha value is -2.62. The highest BCUT2D eigenvalue weighted by Gasteiger charge is 2.24. The van der Waals surface area contributed by atoms with Gasteiger partial charge in [0.1, 0.15) is 0 Å². The van der Waals surface area contributed by atoms with E-state index in [2.05, 4.69) is 9.98 Å². The highest BCUT2D eigenvalue weighted by atomic mass is 16.6. The fourth-order valence-corrected chi connectivity index (χ4v) is 1.99. The zero-order valence-corrected chi connectivity index (χ0v) is 11.3. The Balaban J connectivity index is 1.96. The van der Waals surface area contributed by atoms with E-state index in [1.165, 1.54) is 5.56 Å². The Morgan fingerprint density at radius 2 is 2.05 bits per heavy atom. The van der Waals surface area contributed by atoms with E-state index >= 15 is 0 Å². The van der Waals surface area contributed by atoms with Crippen molar-refractivity contribution in [2.45, 2.75) is 13.8 Å². The lowest BCUT2D eigenvalue weighted by molar-refractivity contribution is -0.129. The van der Waals surface area contributed by atoms with E-state index in [-0.39, 0.29) is 0 Å². The van der Waals surface area contributed by atoms with Crippen LogP contribution in [-0.4, -0.2) is 16.9 Å². The van der Waals surface area contributed by atoms with Crippen LogP contribution in [0, 0.1) is 13.8 Å². The van der Waals surface area contributed by atoms with Crippen LogP contribution in [0.1, 0.15) is 22.4 Å². The molecule has 0 bridgehead atoms.